The molecular weight excluding hydrogens is 300 g/mol. The molecule has 0 aliphatic carbocycles. The number of carbonyl (C=O) groups is 1. The predicted molar refractivity (Wildman–Crippen MR) is 93.5 cm³/mol. The van der Waals surface area contributed by atoms with Gasteiger partial charge in [-0.3, -0.25) is 15.4 Å². The summed E-state index contributed by atoms with van der Waals surface area (Å²) in [5, 5.41) is 8.57. The number of nitrogens with one attached hydrogen (secondary N) is 3. The Labute approximate surface area is 141 Å². The molecule has 1 amide bonds. The van der Waals surface area contributed by atoms with Gasteiger partial charge in [-0.25, -0.2) is 0 Å². The van der Waals surface area contributed by atoms with Gasteiger partial charge in [-0.2, -0.15) is 0 Å². The SMILES string of the molecule is C=CCN[C@]12N[C@H](Cc3c1[nH]c1ccccc31)C(=O)N1CCC[C@H]12. The van der Waals surface area contributed by atoms with E-state index in [4.69, 9.17) is 0 Å². The minimum absolute atomic E-state index is 0.147. The number of amides is 1. The van der Waals surface area contributed by atoms with Gasteiger partial charge in [0.2, 0.25) is 5.91 Å². The lowest BCUT2D eigenvalue weighted by Gasteiger charge is -2.53. The number of piperazine rings is 1. The molecule has 1 aromatic heterocycles. The molecule has 5 rings (SSSR count). The molecule has 5 nitrogen and oxygen atoms in total. The van der Waals surface area contributed by atoms with Crippen molar-refractivity contribution in [2.75, 3.05) is 13.1 Å². The number of hydrogen-bond acceptors (Lipinski definition) is 3. The van der Waals surface area contributed by atoms with E-state index in [0.717, 1.165) is 31.3 Å². The summed E-state index contributed by atoms with van der Waals surface area (Å²) in [6, 6.07) is 8.40. The van der Waals surface area contributed by atoms with Gasteiger partial charge < -0.3 is 9.88 Å². The number of rotatable bonds is 3. The summed E-state index contributed by atoms with van der Waals surface area (Å²) in [6.07, 6.45) is 4.72. The second kappa shape index (κ2) is 4.94. The van der Waals surface area contributed by atoms with Crippen LogP contribution in [0.3, 0.4) is 0 Å². The van der Waals surface area contributed by atoms with Crippen LogP contribution < -0.4 is 10.6 Å². The van der Waals surface area contributed by atoms with Crippen molar-refractivity contribution in [3.05, 3.63) is 48.2 Å². The normalized spacial score (nSPS) is 31.2. The summed E-state index contributed by atoms with van der Waals surface area (Å²) in [5.41, 5.74) is 3.22. The van der Waals surface area contributed by atoms with E-state index in [9.17, 15) is 4.79 Å². The van der Waals surface area contributed by atoms with E-state index in [2.05, 4.69) is 51.4 Å². The maximum atomic E-state index is 12.9. The standard InChI is InChI=1S/C19H22N4O/c1-2-9-20-19-16-8-5-10-23(16)18(24)15(22-19)11-13-12-6-3-4-7-14(12)21-17(13)19/h2-4,6-7,15-16,20-22H,1,5,8-11H2/t15-,16+,19-/m1/s1. The zero-order valence-electron chi connectivity index (χ0n) is 13.6. The third kappa shape index (κ3) is 1.69. The van der Waals surface area contributed by atoms with Crippen molar-refractivity contribution in [3.8, 4) is 0 Å². The Bertz CT molecular complexity index is 841. The summed E-state index contributed by atoms with van der Waals surface area (Å²) in [7, 11) is 0. The van der Waals surface area contributed by atoms with Crippen molar-refractivity contribution in [2.45, 2.75) is 37.0 Å². The fraction of sp³-hybridized carbons (Fsp3) is 0.421. The van der Waals surface area contributed by atoms with Gasteiger partial charge in [0, 0.05) is 24.0 Å². The van der Waals surface area contributed by atoms with Gasteiger partial charge in [-0.15, -0.1) is 6.58 Å². The molecule has 2 aromatic rings. The second-order valence-electron chi connectivity index (χ2n) is 7.09. The fourth-order valence-electron chi connectivity index (χ4n) is 4.93. The summed E-state index contributed by atoms with van der Waals surface area (Å²) < 4.78 is 0. The number of H-pyrrole nitrogens is 1. The first-order valence-corrected chi connectivity index (χ1v) is 8.79. The predicted octanol–water partition coefficient (Wildman–Crippen LogP) is 1.62. The topological polar surface area (TPSA) is 60.2 Å². The number of benzene rings is 1. The van der Waals surface area contributed by atoms with E-state index >= 15 is 0 Å². The van der Waals surface area contributed by atoms with E-state index in [-0.39, 0.29) is 18.0 Å². The molecule has 2 saturated heterocycles. The van der Waals surface area contributed by atoms with E-state index in [1.54, 1.807) is 0 Å². The van der Waals surface area contributed by atoms with Gasteiger partial charge in [-0.05, 0) is 30.9 Å². The van der Waals surface area contributed by atoms with Crippen LogP contribution >= 0.6 is 0 Å². The van der Waals surface area contributed by atoms with E-state index in [1.807, 2.05) is 6.08 Å². The smallest absolute Gasteiger partial charge is 0.240 e. The highest BCUT2D eigenvalue weighted by Crippen LogP contribution is 2.43. The van der Waals surface area contributed by atoms with Crippen molar-refractivity contribution in [2.24, 2.45) is 0 Å². The molecule has 2 bridgehead atoms. The average molecular weight is 322 g/mol. The Hall–Kier alpha value is -2.11. The first-order valence-electron chi connectivity index (χ1n) is 8.79. The van der Waals surface area contributed by atoms with Crippen LogP contribution in [0, 0.1) is 0 Å². The molecule has 3 aliphatic heterocycles. The maximum Gasteiger partial charge on any atom is 0.240 e. The molecule has 4 heterocycles. The third-order valence-corrected chi connectivity index (χ3v) is 5.88. The van der Waals surface area contributed by atoms with Crippen molar-refractivity contribution >= 4 is 16.8 Å². The molecule has 0 saturated carbocycles. The Morgan fingerprint density at radius 2 is 2.29 bits per heavy atom. The summed E-state index contributed by atoms with van der Waals surface area (Å²) in [4.78, 5) is 18.6. The number of aromatic amines is 1. The van der Waals surface area contributed by atoms with Crippen LogP contribution in [-0.2, 0) is 16.9 Å². The molecule has 2 fully saturated rings. The number of carbonyl (C=O) groups excluding carboxylic acids is 1. The third-order valence-electron chi connectivity index (χ3n) is 5.88. The van der Waals surface area contributed by atoms with Gasteiger partial charge in [0.05, 0.1) is 17.8 Å². The van der Waals surface area contributed by atoms with Crippen molar-refractivity contribution in [1.29, 1.82) is 0 Å². The molecule has 0 unspecified atom stereocenters. The monoisotopic (exact) mass is 322 g/mol. The number of hydrogen-bond donors (Lipinski definition) is 3. The highest BCUT2D eigenvalue weighted by atomic mass is 16.2. The molecule has 3 atom stereocenters. The minimum atomic E-state index is -0.407. The second-order valence-corrected chi connectivity index (χ2v) is 7.09. The lowest BCUT2D eigenvalue weighted by Crippen LogP contribution is -2.76. The summed E-state index contributed by atoms with van der Waals surface area (Å²) in [5.74, 6) is 0.254. The van der Waals surface area contributed by atoms with Crippen LogP contribution in [0.4, 0.5) is 0 Å². The summed E-state index contributed by atoms with van der Waals surface area (Å²) in [6.45, 7) is 5.44. The molecule has 124 valence electrons. The van der Waals surface area contributed by atoms with Crippen molar-refractivity contribution in [1.82, 2.24) is 20.5 Å². The Balaban J connectivity index is 1.76. The Kier molecular flexibility index (Phi) is 2.94. The van der Waals surface area contributed by atoms with Crippen LogP contribution in [0.1, 0.15) is 24.1 Å². The lowest BCUT2D eigenvalue weighted by molar-refractivity contribution is -0.144. The largest absolute Gasteiger partial charge is 0.355 e. The highest BCUT2D eigenvalue weighted by Gasteiger charge is 2.57. The molecular formula is C19H22N4O. The van der Waals surface area contributed by atoms with Crippen molar-refractivity contribution < 1.29 is 4.79 Å². The lowest BCUT2D eigenvalue weighted by atomic mass is 9.80. The highest BCUT2D eigenvalue weighted by molar-refractivity contribution is 5.90. The quantitative estimate of drug-likeness (QED) is 0.753. The number of nitrogens with zero attached hydrogens (tertiary/aromatic N) is 1. The summed E-state index contributed by atoms with van der Waals surface area (Å²) >= 11 is 0. The molecule has 1 aromatic carbocycles. The zero-order chi connectivity index (χ0) is 16.3. The Morgan fingerprint density at radius 1 is 1.42 bits per heavy atom. The van der Waals surface area contributed by atoms with Crippen LogP contribution in [-0.4, -0.2) is 41.0 Å². The molecule has 5 heteroatoms. The van der Waals surface area contributed by atoms with E-state index < -0.39 is 5.66 Å². The van der Waals surface area contributed by atoms with Gasteiger partial charge in [0.15, 0.2) is 0 Å². The van der Waals surface area contributed by atoms with Gasteiger partial charge in [-0.1, -0.05) is 24.3 Å². The zero-order valence-corrected chi connectivity index (χ0v) is 13.6. The van der Waals surface area contributed by atoms with E-state index in [1.165, 1.54) is 16.6 Å². The molecule has 24 heavy (non-hydrogen) atoms. The first-order chi connectivity index (χ1) is 11.7. The van der Waals surface area contributed by atoms with Crippen LogP contribution in [0.25, 0.3) is 10.9 Å². The maximum absolute atomic E-state index is 12.9. The van der Waals surface area contributed by atoms with Crippen LogP contribution in [0.5, 0.6) is 0 Å². The van der Waals surface area contributed by atoms with Gasteiger partial charge in [0.1, 0.15) is 5.66 Å². The van der Waals surface area contributed by atoms with Crippen LogP contribution in [0.15, 0.2) is 36.9 Å². The number of fused-ring (bicyclic) bond motifs is 8. The molecule has 3 aliphatic rings. The minimum Gasteiger partial charge on any atom is -0.355 e. The fourth-order valence-corrected chi connectivity index (χ4v) is 4.93. The molecule has 0 radical (unpaired) electrons. The van der Waals surface area contributed by atoms with Gasteiger partial charge >= 0.3 is 0 Å². The first kappa shape index (κ1) is 14.3. The van der Waals surface area contributed by atoms with E-state index in [0.29, 0.717) is 6.54 Å². The Morgan fingerprint density at radius 3 is 3.17 bits per heavy atom. The van der Waals surface area contributed by atoms with Crippen LogP contribution in [0.2, 0.25) is 0 Å². The number of aromatic nitrogens is 1. The van der Waals surface area contributed by atoms with Gasteiger partial charge in [0.25, 0.3) is 0 Å². The number of para-hydroxylation sites is 1. The molecule has 0 spiro atoms. The molecule has 3 N–H and O–H groups in total. The average Bonchev–Trinajstić information content (AvgIpc) is 3.24. The van der Waals surface area contributed by atoms with Crippen molar-refractivity contribution in [3.63, 3.8) is 0 Å².